The van der Waals surface area contributed by atoms with Crippen molar-refractivity contribution >= 4 is 32.6 Å². The maximum Gasteiger partial charge on any atom is 0.229 e. The summed E-state index contributed by atoms with van der Waals surface area (Å²) in [6.07, 6.45) is 1.13. The summed E-state index contributed by atoms with van der Waals surface area (Å²) in [5, 5.41) is 7.53. The summed E-state index contributed by atoms with van der Waals surface area (Å²) in [5.41, 5.74) is 3.32. The van der Waals surface area contributed by atoms with Crippen molar-refractivity contribution in [2.45, 2.75) is 20.0 Å². The van der Waals surface area contributed by atoms with Crippen molar-refractivity contribution in [2.75, 3.05) is 18.0 Å². The fourth-order valence-electron chi connectivity index (χ4n) is 2.93. The first kappa shape index (κ1) is 19.8. The topological polar surface area (TPSA) is 95.7 Å². The van der Waals surface area contributed by atoms with E-state index in [-0.39, 0.29) is 0 Å². The first-order valence-electron chi connectivity index (χ1n) is 8.84. The van der Waals surface area contributed by atoms with Gasteiger partial charge in [0.1, 0.15) is 11.3 Å². The maximum atomic E-state index is 11.5. The average Bonchev–Trinajstić information content (AvgIpc) is 2.98. The van der Waals surface area contributed by atoms with Gasteiger partial charge < -0.3 is 15.1 Å². The van der Waals surface area contributed by atoms with Crippen LogP contribution < -0.4 is 15.4 Å². The molecule has 148 valence electrons. The normalized spacial score (nSPS) is 12.2. The second-order valence-corrected chi connectivity index (χ2v) is 8.21. The molecule has 0 saturated heterocycles. The number of nitrogens with zero attached hydrogens (tertiary/aromatic N) is 1. The standard InChI is InChI=1S/C20H24N4O3S/c1-14-16-9-5-7-11-18(16)27-19(14)13-23-20(21-2)22-12-15-8-4-6-10-17(15)24-28(3,25)26/h4-11,24H,12-13H2,1-3H3,(H2,21,22,23). The molecule has 0 aliphatic carbocycles. The van der Waals surface area contributed by atoms with Crippen LogP contribution in [0, 0.1) is 6.92 Å². The van der Waals surface area contributed by atoms with Gasteiger partial charge in [-0.3, -0.25) is 9.71 Å². The summed E-state index contributed by atoms with van der Waals surface area (Å²) < 4.78 is 31.5. The van der Waals surface area contributed by atoms with E-state index >= 15 is 0 Å². The Bertz CT molecular complexity index is 1100. The average molecular weight is 401 g/mol. The van der Waals surface area contributed by atoms with Crippen LogP contribution in [0.3, 0.4) is 0 Å². The molecule has 0 fully saturated rings. The molecule has 1 heterocycles. The van der Waals surface area contributed by atoms with Crippen LogP contribution in [0.4, 0.5) is 5.69 Å². The summed E-state index contributed by atoms with van der Waals surface area (Å²) in [6, 6.07) is 15.2. The number of hydrogen-bond acceptors (Lipinski definition) is 4. The van der Waals surface area contributed by atoms with Crippen molar-refractivity contribution in [2.24, 2.45) is 4.99 Å². The van der Waals surface area contributed by atoms with Gasteiger partial charge in [0.05, 0.1) is 18.5 Å². The van der Waals surface area contributed by atoms with E-state index in [1.54, 1.807) is 19.2 Å². The highest BCUT2D eigenvalue weighted by molar-refractivity contribution is 7.92. The highest BCUT2D eigenvalue weighted by atomic mass is 32.2. The van der Waals surface area contributed by atoms with Crippen LogP contribution in [0.25, 0.3) is 11.0 Å². The Labute approximate surface area is 164 Å². The van der Waals surface area contributed by atoms with Crippen molar-refractivity contribution in [3.8, 4) is 0 Å². The molecule has 0 radical (unpaired) electrons. The van der Waals surface area contributed by atoms with Gasteiger partial charge in [-0.2, -0.15) is 0 Å². The Morgan fingerprint density at radius 1 is 1.04 bits per heavy atom. The molecule has 0 unspecified atom stereocenters. The van der Waals surface area contributed by atoms with Gasteiger partial charge in [-0.05, 0) is 24.6 Å². The molecule has 28 heavy (non-hydrogen) atoms. The maximum absolute atomic E-state index is 11.5. The molecule has 0 saturated carbocycles. The molecule has 7 nitrogen and oxygen atoms in total. The molecule has 1 aromatic heterocycles. The number of sulfonamides is 1. The third-order valence-electron chi connectivity index (χ3n) is 4.34. The largest absolute Gasteiger partial charge is 0.459 e. The van der Waals surface area contributed by atoms with Crippen molar-refractivity contribution < 1.29 is 12.8 Å². The van der Waals surface area contributed by atoms with Crippen LogP contribution in [0.2, 0.25) is 0 Å². The van der Waals surface area contributed by atoms with Crippen LogP contribution in [0.15, 0.2) is 57.9 Å². The molecule has 8 heteroatoms. The predicted octanol–water partition coefficient (Wildman–Crippen LogP) is 2.98. The number of aliphatic imine (C=N–C) groups is 1. The van der Waals surface area contributed by atoms with Gasteiger partial charge >= 0.3 is 0 Å². The molecular weight excluding hydrogens is 376 g/mol. The summed E-state index contributed by atoms with van der Waals surface area (Å²) in [7, 11) is -1.66. The van der Waals surface area contributed by atoms with Gasteiger partial charge in [0.15, 0.2) is 5.96 Å². The molecule has 0 amide bonds. The molecule has 0 aliphatic rings. The van der Waals surface area contributed by atoms with Crippen LogP contribution in [0.1, 0.15) is 16.9 Å². The number of guanidine groups is 1. The fraction of sp³-hybridized carbons (Fsp3) is 0.250. The van der Waals surface area contributed by atoms with Crippen LogP contribution in [0.5, 0.6) is 0 Å². The lowest BCUT2D eigenvalue weighted by molar-refractivity contribution is 0.534. The number of aryl methyl sites for hydroxylation is 1. The fourth-order valence-corrected chi connectivity index (χ4v) is 3.53. The zero-order valence-corrected chi connectivity index (χ0v) is 16.9. The minimum Gasteiger partial charge on any atom is -0.459 e. The number of para-hydroxylation sites is 2. The first-order chi connectivity index (χ1) is 13.4. The van der Waals surface area contributed by atoms with E-state index < -0.39 is 10.0 Å². The van der Waals surface area contributed by atoms with E-state index in [1.807, 2.05) is 43.3 Å². The number of anilines is 1. The SMILES string of the molecule is CN=C(NCc1ccccc1NS(C)(=O)=O)NCc1oc2ccccc2c1C. The lowest BCUT2D eigenvalue weighted by atomic mass is 10.1. The Hall–Kier alpha value is -3.00. The molecule has 3 rings (SSSR count). The number of furan rings is 1. The van der Waals surface area contributed by atoms with Gasteiger partial charge in [-0.25, -0.2) is 8.42 Å². The van der Waals surface area contributed by atoms with Gasteiger partial charge in [-0.1, -0.05) is 36.4 Å². The van der Waals surface area contributed by atoms with E-state index in [0.29, 0.717) is 24.7 Å². The smallest absolute Gasteiger partial charge is 0.229 e. The molecule has 0 spiro atoms. The van der Waals surface area contributed by atoms with Crippen LogP contribution in [-0.2, 0) is 23.1 Å². The summed E-state index contributed by atoms with van der Waals surface area (Å²) in [5.74, 6) is 1.44. The number of nitrogens with one attached hydrogen (secondary N) is 3. The predicted molar refractivity (Wildman–Crippen MR) is 113 cm³/mol. The lowest BCUT2D eigenvalue weighted by Gasteiger charge is -2.14. The number of hydrogen-bond donors (Lipinski definition) is 3. The zero-order chi connectivity index (χ0) is 20.1. The quantitative estimate of drug-likeness (QED) is 0.437. The first-order valence-corrected chi connectivity index (χ1v) is 10.7. The highest BCUT2D eigenvalue weighted by Gasteiger charge is 2.11. The molecular formula is C20H24N4O3S. The zero-order valence-electron chi connectivity index (χ0n) is 16.1. The second-order valence-electron chi connectivity index (χ2n) is 6.46. The van der Waals surface area contributed by atoms with Crippen LogP contribution >= 0.6 is 0 Å². The number of benzene rings is 2. The minimum atomic E-state index is -3.34. The molecule has 0 atom stereocenters. The number of rotatable bonds is 6. The van der Waals surface area contributed by atoms with E-state index in [9.17, 15) is 8.42 Å². The molecule has 2 aromatic carbocycles. The molecule has 0 bridgehead atoms. The van der Waals surface area contributed by atoms with Gasteiger partial charge in [-0.15, -0.1) is 0 Å². The summed E-state index contributed by atoms with van der Waals surface area (Å²) in [6.45, 7) is 2.94. The third-order valence-corrected chi connectivity index (χ3v) is 4.93. The molecule has 3 aromatic rings. The molecule has 0 aliphatic heterocycles. The van der Waals surface area contributed by atoms with Gasteiger partial charge in [0.2, 0.25) is 10.0 Å². The summed E-state index contributed by atoms with van der Waals surface area (Å²) >= 11 is 0. The van der Waals surface area contributed by atoms with Crippen LogP contribution in [-0.4, -0.2) is 27.7 Å². The van der Waals surface area contributed by atoms with Gasteiger partial charge in [0, 0.05) is 24.5 Å². The van der Waals surface area contributed by atoms with E-state index in [4.69, 9.17) is 4.42 Å². The van der Waals surface area contributed by atoms with E-state index in [0.717, 1.165) is 34.1 Å². The molecule has 3 N–H and O–H groups in total. The Morgan fingerprint density at radius 2 is 1.71 bits per heavy atom. The van der Waals surface area contributed by atoms with Crippen molar-refractivity contribution in [3.63, 3.8) is 0 Å². The third kappa shape index (κ3) is 4.83. The number of fused-ring (bicyclic) bond motifs is 1. The van der Waals surface area contributed by atoms with Crippen molar-refractivity contribution in [3.05, 3.63) is 65.4 Å². The minimum absolute atomic E-state index is 0.414. The Morgan fingerprint density at radius 3 is 2.43 bits per heavy atom. The Kier molecular flexibility index (Phi) is 5.89. The van der Waals surface area contributed by atoms with Crippen molar-refractivity contribution in [1.29, 1.82) is 0 Å². The summed E-state index contributed by atoms with van der Waals surface area (Å²) in [4.78, 5) is 4.22. The van der Waals surface area contributed by atoms with E-state index in [2.05, 4.69) is 20.3 Å². The second kappa shape index (κ2) is 8.35. The lowest BCUT2D eigenvalue weighted by Crippen LogP contribution is -2.36. The van der Waals surface area contributed by atoms with Gasteiger partial charge in [0.25, 0.3) is 0 Å². The van der Waals surface area contributed by atoms with Crippen molar-refractivity contribution in [1.82, 2.24) is 10.6 Å². The monoisotopic (exact) mass is 400 g/mol. The highest BCUT2D eigenvalue weighted by Crippen LogP contribution is 2.24. The van der Waals surface area contributed by atoms with E-state index in [1.165, 1.54) is 0 Å². The Balaban J connectivity index is 1.65.